The zero-order chi connectivity index (χ0) is 21.3. The molecule has 0 unspecified atom stereocenters. The number of carboxylic acid groups (broad SMARTS) is 1. The number of carboxylic acids is 1. The lowest BCUT2D eigenvalue weighted by Crippen LogP contribution is -2.42. The van der Waals surface area contributed by atoms with Crippen LogP contribution in [0.2, 0.25) is 0 Å². The lowest BCUT2D eigenvalue weighted by atomic mass is 9.82. The molecule has 4 rings (SSSR count). The Hall–Kier alpha value is -3.61. The van der Waals surface area contributed by atoms with Crippen molar-refractivity contribution < 1.29 is 24.2 Å². The van der Waals surface area contributed by atoms with Gasteiger partial charge >= 0.3 is 0 Å². The van der Waals surface area contributed by atoms with Crippen LogP contribution >= 0.6 is 0 Å². The van der Waals surface area contributed by atoms with Crippen molar-refractivity contribution >= 4 is 29.2 Å². The summed E-state index contributed by atoms with van der Waals surface area (Å²) in [5, 5.41) is 17.1. The molecule has 0 spiro atoms. The first-order chi connectivity index (χ1) is 14.5. The number of anilines is 2. The number of hydrogen-bond acceptors (Lipinski definition) is 5. The number of rotatable bonds is 6. The number of carbonyl (C=O) groups excluding carboxylic acids is 3. The van der Waals surface area contributed by atoms with E-state index < -0.39 is 17.8 Å². The molecule has 154 valence electrons. The molecular weight excluding hydrogens is 384 g/mol. The van der Waals surface area contributed by atoms with E-state index in [0.29, 0.717) is 29.1 Å². The molecule has 7 nitrogen and oxygen atoms in total. The molecule has 0 aliphatic heterocycles. The van der Waals surface area contributed by atoms with E-state index >= 15 is 0 Å². The van der Waals surface area contributed by atoms with Gasteiger partial charge in [0.2, 0.25) is 5.91 Å². The van der Waals surface area contributed by atoms with Gasteiger partial charge in [-0.3, -0.25) is 9.59 Å². The van der Waals surface area contributed by atoms with Crippen LogP contribution in [0.15, 0.2) is 60.7 Å². The second-order valence-corrected chi connectivity index (χ2v) is 7.54. The van der Waals surface area contributed by atoms with Crippen LogP contribution in [-0.2, 0) is 9.59 Å². The number of hydrogen-bond donors (Lipinski definition) is 2. The minimum atomic E-state index is -1.19. The molecule has 2 aliphatic carbocycles. The number of carbonyl (C=O) groups is 3. The third-order valence-corrected chi connectivity index (χ3v) is 5.79. The zero-order valence-corrected chi connectivity index (χ0v) is 16.3. The number of methoxy groups -OCH3 is 1. The maximum atomic E-state index is 12.8. The Morgan fingerprint density at radius 1 is 0.967 bits per heavy atom. The standard InChI is InChI=1S/C23H22N2O5/c1-30-18-12-16(9-10-17(18)25-21(26)13-5-3-2-4-6-13)24-22(27)19-14-7-8-15(11-14)20(19)23(28)29/h2-10,12,14-15,19-20H,11H2,1H3,(H,24,27)(H,25,26)(H,28,29)/p-1/t14-,15+,19+,20-/m0/s1. The second kappa shape index (κ2) is 8.02. The van der Waals surface area contributed by atoms with Crippen LogP contribution in [0.1, 0.15) is 16.8 Å². The van der Waals surface area contributed by atoms with Gasteiger partial charge in [-0.1, -0.05) is 30.4 Å². The molecule has 0 saturated heterocycles. The molecule has 1 saturated carbocycles. The third kappa shape index (κ3) is 3.66. The third-order valence-electron chi connectivity index (χ3n) is 5.79. The normalized spacial score (nSPS) is 23.8. The summed E-state index contributed by atoms with van der Waals surface area (Å²) in [6.07, 6.45) is 4.43. The lowest BCUT2D eigenvalue weighted by Gasteiger charge is -2.27. The maximum Gasteiger partial charge on any atom is 0.255 e. The van der Waals surface area contributed by atoms with Crippen LogP contribution in [-0.4, -0.2) is 24.9 Å². The molecule has 4 atom stereocenters. The molecule has 0 radical (unpaired) electrons. The molecule has 2 bridgehead atoms. The molecule has 2 aliphatic rings. The van der Waals surface area contributed by atoms with Gasteiger partial charge in [-0.2, -0.15) is 0 Å². The van der Waals surface area contributed by atoms with Crippen molar-refractivity contribution in [2.75, 3.05) is 17.7 Å². The van der Waals surface area contributed by atoms with Crippen LogP contribution < -0.4 is 20.5 Å². The SMILES string of the molecule is COc1cc(NC(=O)[C@H]2[C@@H](C(=O)[O-])[C@@H]3C=C[C@H]2C3)ccc1NC(=O)c1ccccc1. The average Bonchev–Trinajstić information content (AvgIpc) is 3.37. The maximum absolute atomic E-state index is 12.8. The number of fused-ring (bicyclic) bond motifs is 2. The summed E-state index contributed by atoms with van der Waals surface area (Å²) in [5.74, 6) is -3.17. The number of allylic oxidation sites excluding steroid dienone is 2. The first-order valence-corrected chi connectivity index (χ1v) is 9.72. The molecule has 7 heteroatoms. The monoisotopic (exact) mass is 405 g/mol. The molecular formula is C23H21N2O5-. The van der Waals surface area contributed by atoms with E-state index in [1.807, 2.05) is 18.2 Å². The van der Waals surface area contributed by atoms with Gasteiger partial charge in [-0.15, -0.1) is 0 Å². The minimum Gasteiger partial charge on any atom is -0.550 e. The summed E-state index contributed by atoms with van der Waals surface area (Å²) >= 11 is 0. The van der Waals surface area contributed by atoms with Crippen molar-refractivity contribution in [3.05, 3.63) is 66.2 Å². The zero-order valence-electron chi connectivity index (χ0n) is 16.3. The van der Waals surface area contributed by atoms with E-state index in [2.05, 4.69) is 10.6 Å². The minimum absolute atomic E-state index is 0.0933. The van der Waals surface area contributed by atoms with Crippen molar-refractivity contribution in [1.29, 1.82) is 0 Å². The van der Waals surface area contributed by atoms with Crippen molar-refractivity contribution in [2.24, 2.45) is 23.7 Å². The Bertz CT molecular complexity index is 1020. The summed E-state index contributed by atoms with van der Waals surface area (Å²) in [6.45, 7) is 0. The molecule has 2 N–H and O–H groups in total. The largest absolute Gasteiger partial charge is 0.550 e. The predicted molar refractivity (Wildman–Crippen MR) is 109 cm³/mol. The van der Waals surface area contributed by atoms with Gasteiger partial charge < -0.3 is 25.3 Å². The fourth-order valence-electron chi connectivity index (χ4n) is 4.38. The molecule has 2 amide bonds. The molecule has 2 aromatic carbocycles. The van der Waals surface area contributed by atoms with Crippen LogP contribution in [0.25, 0.3) is 0 Å². The van der Waals surface area contributed by atoms with Crippen LogP contribution in [0.4, 0.5) is 11.4 Å². The van der Waals surface area contributed by atoms with Crippen LogP contribution in [0.3, 0.4) is 0 Å². The van der Waals surface area contributed by atoms with Crippen molar-refractivity contribution in [1.82, 2.24) is 0 Å². The smallest absolute Gasteiger partial charge is 0.255 e. The van der Waals surface area contributed by atoms with Gasteiger partial charge in [-0.25, -0.2) is 0 Å². The summed E-state index contributed by atoms with van der Waals surface area (Å²) < 4.78 is 5.36. The van der Waals surface area contributed by atoms with E-state index in [4.69, 9.17) is 4.74 Å². The number of ether oxygens (including phenoxy) is 1. The predicted octanol–water partition coefficient (Wildman–Crippen LogP) is 2.07. The van der Waals surface area contributed by atoms with Gasteiger partial charge in [0.15, 0.2) is 0 Å². The highest BCUT2D eigenvalue weighted by Gasteiger charge is 2.48. The van der Waals surface area contributed by atoms with Gasteiger partial charge in [0.25, 0.3) is 5.91 Å². The van der Waals surface area contributed by atoms with Crippen LogP contribution in [0.5, 0.6) is 5.75 Å². The molecule has 30 heavy (non-hydrogen) atoms. The lowest BCUT2D eigenvalue weighted by molar-refractivity contribution is -0.313. The summed E-state index contributed by atoms with van der Waals surface area (Å²) in [4.78, 5) is 36.7. The topological polar surface area (TPSA) is 108 Å². The molecule has 0 aromatic heterocycles. The highest BCUT2D eigenvalue weighted by atomic mass is 16.5. The Morgan fingerprint density at radius 2 is 1.67 bits per heavy atom. The van der Waals surface area contributed by atoms with Gasteiger partial charge in [0, 0.05) is 29.2 Å². The number of nitrogens with one attached hydrogen (secondary N) is 2. The van der Waals surface area contributed by atoms with Gasteiger partial charge in [0.1, 0.15) is 5.75 Å². The fraction of sp³-hybridized carbons (Fsp3) is 0.261. The quantitative estimate of drug-likeness (QED) is 0.716. The van der Waals surface area contributed by atoms with Crippen molar-refractivity contribution in [2.45, 2.75) is 6.42 Å². The first-order valence-electron chi connectivity index (χ1n) is 9.72. The van der Waals surface area contributed by atoms with E-state index in [1.54, 1.807) is 42.5 Å². The van der Waals surface area contributed by atoms with Gasteiger partial charge in [-0.05, 0) is 42.5 Å². The average molecular weight is 405 g/mol. The van der Waals surface area contributed by atoms with Crippen molar-refractivity contribution in [3.8, 4) is 5.75 Å². The van der Waals surface area contributed by atoms with Gasteiger partial charge in [0.05, 0.1) is 18.7 Å². The number of aliphatic carboxylic acids is 1. The summed E-state index contributed by atoms with van der Waals surface area (Å²) in [5.41, 5.74) is 1.42. The molecule has 1 fully saturated rings. The Morgan fingerprint density at radius 3 is 2.33 bits per heavy atom. The highest BCUT2D eigenvalue weighted by molar-refractivity contribution is 6.05. The molecule has 0 heterocycles. The van der Waals surface area contributed by atoms with E-state index in [0.717, 1.165) is 0 Å². The molecule has 2 aromatic rings. The Labute approximate surface area is 173 Å². The number of benzene rings is 2. The second-order valence-electron chi connectivity index (χ2n) is 7.54. The Balaban J connectivity index is 1.49. The Kier molecular flexibility index (Phi) is 5.27. The summed E-state index contributed by atoms with van der Waals surface area (Å²) in [6, 6.07) is 13.6. The highest BCUT2D eigenvalue weighted by Crippen LogP contribution is 2.48. The number of amides is 2. The first kappa shape index (κ1) is 19.7. The van der Waals surface area contributed by atoms with E-state index in [9.17, 15) is 19.5 Å². The van der Waals surface area contributed by atoms with E-state index in [-0.39, 0.29) is 23.7 Å². The summed E-state index contributed by atoms with van der Waals surface area (Å²) in [7, 11) is 1.46. The van der Waals surface area contributed by atoms with E-state index in [1.165, 1.54) is 7.11 Å². The van der Waals surface area contributed by atoms with Crippen LogP contribution in [0, 0.1) is 23.7 Å². The van der Waals surface area contributed by atoms with Crippen molar-refractivity contribution in [3.63, 3.8) is 0 Å². The fourth-order valence-corrected chi connectivity index (χ4v) is 4.38.